The maximum atomic E-state index is 5.94. The van der Waals surface area contributed by atoms with Crippen LogP contribution in [0.5, 0.6) is 0 Å². The highest BCUT2D eigenvalue weighted by atomic mass is 16.4. The average Bonchev–Trinajstić information content (AvgIpc) is 3.28. The summed E-state index contributed by atoms with van der Waals surface area (Å²) in [6, 6.07) is 18.6. The normalized spacial score (nSPS) is 11.4. The first-order chi connectivity index (χ1) is 12.7. The molecule has 5 rings (SSSR count). The van der Waals surface area contributed by atoms with Crippen LogP contribution in [0.1, 0.15) is 0 Å². The Kier molecular flexibility index (Phi) is 2.99. The van der Waals surface area contributed by atoms with Gasteiger partial charge in [0.15, 0.2) is 11.2 Å². The molecule has 2 heterocycles. The van der Waals surface area contributed by atoms with E-state index in [9.17, 15) is 0 Å². The van der Waals surface area contributed by atoms with Gasteiger partial charge in [0.05, 0.1) is 11.4 Å². The van der Waals surface area contributed by atoms with Gasteiger partial charge in [-0.3, -0.25) is 0 Å². The lowest BCUT2D eigenvalue weighted by molar-refractivity contribution is 0.617. The second kappa shape index (κ2) is 5.35. The van der Waals surface area contributed by atoms with Gasteiger partial charge >= 0.3 is 0 Å². The molecular weight excluding hydrogens is 328 g/mol. The molecule has 6 heteroatoms. The van der Waals surface area contributed by atoms with Gasteiger partial charge in [0, 0.05) is 11.1 Å². The molecule has 2 aromatic heterocycles. The maximum absolute atomic E-state index is 5.94. The molecule has 6 nitrogen and oxygen atoms in total. The zero-order chi connectivity index (χ0) is 17.7. The van der Waals surface area contributed by atoms with E-state index in [0.717, 1.165) is 11.1 Å². The molecule has 0 fully saturated rings. The molecular formula is C20H14N4O2. The Labute approximate surface area is 148 Å². The molecule has 0 aliphatic rings. The van der Waals surface area contributed by atoms with Crippen molar-refractivity contribution in [2.75, 3.05) is 11.5 Å². The molecule has 0 atom stereocenters. The van der Waals surface area contributed by atoms with Gasteiger partial charge in [-0.05, 0) is 48.5 Å². The number of anilines is 2. The van der Waals surface area contributed by atoms with E-state index in [1.807, 2.05) is 48.5 Å². The predicted octanol–water partition coefficient (Wildman–Crippen LogP) is 4.47. The van der Waals surface area contributed by atoms with E-state index in [0.29, 0.717) is 45.4 Å². The minimum Gasteiger partial charge on any atom is -0.436 e. The summed E-state index contributed by atoms with van der Waals surface area (Å²) in [7, 11) is 0. The van der Waals surface area contributed by atoms with Gasteiger partial charge in [-0.15, -0.1) is 0 Å². The second-order valence-corrected chi connectivity index (χ2v) is 6.00. The Balaban J connectivity index is 1.55. The lowest BCUT2D eigenvalue weighted by atomic mass is 10.1. The van der Waals surface area contributed by atoms with Gasteiger partial charge in [0.2, 0.25) is 11.8 Å². The van der Waals surface area contributed by atoms with Crippen LogP contribution < -0.4 is 11.5 Å². The molecule has 0 amide bonds. The Morgan fingerprint density at radius 1 is 0.577 bits per heavy atom. The highest BCUT2D eigenvalue weighted by Gasteiger charge is 2.13. The van der Waals surface area contributed by atoms with Crippen LogP contribution in [0.15, 0.2) is 69.5 Å². The van der Waals surface area contributed by atoms with Crippen molar-refractivity contribution in [1.29, 1.82) is 0 Å². The van der Waals surface area contributed by atoms with Crippen molar-refractivity contribution in [2.45, 2.75) is 0 Å². The van der Waals surface area contributed by atoms with E-state index in [1.165, 1.54) is 0 Å². The summed E-state index contributed by atoms with van der Waals surface area (Å²) in [5, 5.41) is 0. The van der Waals surface area contributed by atoms with E-state index >= 15 is 0 Å². The van der Waals surface area contributed by atoms with Crippen LogP contribution >= 0.6 is 0 Å². The molecule has 0 radical (unpaired) electrons. The van der Waals surface area contributed by atoms with Gasteiger partial charge in [-0.2, -0.15) is 0 Å². The van der Waals surface area contributed by atoms with Crippen LogP contribution in [0.25, 0.3) is 45.1 Å². The van der Waals surface area contributed by atoms with Gasteiger partial charge in [0.25, 0.3) is 0 Å². The SMILES string of the molecule is Nc1cccc2oc(-c3ccc(-c4nc5c(N)cccc5o4)cc3)nc12. The standard InChI is InChI=1S/C20H14N4O2/c21-13-3-1-5-15-17(13)23-19(25-15)11-7-9-12(10-8-11)20-24-18-14(22)4-2-6-16(18)26-20/h1-10H,21-22H2. The van der Waals surface area contributed by atoms with Gasteiger partial charge < -0.3 is 20.3 Å². The smallest absolute Gasteiger partial charge is 0.227 e. The van der Waals surface area contributed by atoms with Gasteiger partial charge in [-0.1, -0.05) is 12.1 Å². The van der Waals surface area contributed by atoms with Crippen molar-refractivity contribution in [3.05, 3.63) is 60.7 Å². The molecule has 26 heavy (non-hydrogen) atoms. The summed E-state index contributed by atoms with van der Waals surface area (Å²) in [6.07, 6.45) is 0. The molecule has 4 N–H and O–H groups in total. The van der Waals surface area contributed by atoms with Crippen molar-refractivity contribution < 1.29 is 8.83 Å². The van der Waals surface area contributed by atoms with E-state index < -0.39 is 0 Å². The molecule has 0 saturated heterocycles. The number of para-hydroxylation sites is 2. The number of nitrogens with zero attached hydrogens (tertiary/aromatic N) is 2. The summed E-state index contributed by atoms with van der Waals surface area (Å²) >= 11 is 0. The first kappa shape index (κ1) is 14.5. The zero-order valence-corrected chi connectivity index (χ0v) is 13.6. The first-order valence-electron chi connectivity index (χ1n) is 8.10. The van der Waals surface area contributed by atoms with Gasteiger partial charge in [0.1, 0.15) is 11.0 Å². The Morgan fingerprint density at radius 3 is 1.38 bits per heavy atom. The van der Waals surface area contributed by atoms with Crippen LogP contribution in [-0.2, 0) is 0 Å². The lowest BCUT2D eigenvalue weighted by Crippen LogP contribution is -1.85. The highest BCUT2D eigenvalue weighted by molar-refractivity contribution is 5.88. The third-order valence-corrected chi connectivity index (χ3v) is 4.28. The summed E-state index contributed by atoms with van der Waals surface area (Å²) in [6.45, 7) is 0. The molecule has 0 aliphatic heterocycles. The molecule has 3 aromatic carbocycles. The second-order valence-electron chi connectivity index (χ2n) is 6.00. The number of nitrogens with two attached hydrogens (primary N) is 2. The highest BCUT2D eigenvalue weighted by Crippen LogP contribution is 2.31. The minimum atomic E-state index is 0.520. The fraction of sp³-hybridized carbons (Fsp3) is 0. The average molecular weight is 342 g/mol. The molecule has 126 valence electrons. The summed E-state index contributed by atoms with van der Waals surface area (Å²) in [5.74, 6) is 1.04. The number of oxazole rings is 2. The van der Waals surface area contributed by atoms with E-state index in [2.05, 4.69) is 9.97 Å². The van der Waals surface area contributed by atoms with E-state index in [-0.39, 0.29) is 0 Å². The van der Waals surface area contributed by atoms with Crippen molar-refractivity contribution >= 4 is 33.6 Å². The summed E-state index contributed by atoms with van der Waals surface area (Å²) in [5.41, 5.74) is 17.4. The number of benzene rings is 3. The molecule has 0 unspecified atom stereocenters. The molecule has 0 aliphatic carbocycles. The van der Waals surface area contributed by atoms with Crippen LogP contribution in [0, 0.1) is 0 Å². The number of rotatable bonds is 2. The van der Waals surface area contributed by atoms with Crippen molar-refractivity contribution in [3.63, 3.8) is 0 Å². The quantitative estimate of drug-likeness (QED) is 0.459. The third kappa shape index (κ3) is 2.20. The topological polar surface area (TPSA) is 104 Å². The number of hydrogen-bond donors (Lipinski definition) is 2. The van der Waals surface area contributed by atoms with Crippen molar-refractivity contribution in [3.8, 4) is 22.9 Å². The van der Waals surface area contributed by atoms with Crippen LogP contribution in [0.4, 0.5) is 11.4 Å². The van der Waals surface area contributed by atoms with Crippen LogP contribution in [0.3, 0.4) is 0 Å². The summed E-state index contributed by atoms with van der Waals surface area (Å²) in [4.78, 5) is 8.97. The van der Waals surface area contributed by atoms with Crippen LogP contribution in [-0.4, -0.2) is 9.97 Å². The summed E-state index contributed by atoms with van der Waals surface area (Å²) < 4.78 is 11.6. The van der Waals surface area contributed by atoms with Crippen LogP contribution in [0.2, 0.25) is 0 Å². The molecule has 5 aromatic rings. The van der Waals surface area contributed by atoms with Crippen molar-refractivity contribution in [1.82, 2.24) is 9.97 Å². The maximum Gasteiger partial charge on any atom is 0.227 e. The van der Waals surface area contributed by atoms with E-state index in [4.69, 9.17) is 20.3 Å². The number of hydrogen-bond acceptors (Lipinski definition) is 6. The van der Waals surface area contributed by atoms with Gasteiger partial charge in [-0.25, -0.2) is 9.97 Å². The lowest BCUT2D eigenvalue weighted by Gasteiger charge is -1.97. The third-order valence-electron chi connectivity index (χ3n) is 4.28. The fourth-order valence-electron chi connectivity index (χ4n) is 2.94. The molecule has 0 saturated carbocycles. The first-order valence-corrected chi connectivity index (χ1v) is 8.10. The monoisotopic (exact) mass is 342 g/mol. The molecule has 0 spiro atoms. The molecule has 0 bridgehead atoms. The minimum absolute atomic E-state index is 0.520. The largest absolute Gasteiger partial charge is 0.436 e. The van der Waals surface area contributed by atoms with E-state index in [1.54, 1.807) is 12.1 Å². The van der Waals surface area contributed by atoms with Crippen molar-refractivity contribution in [2.24, 2.45) is 0 Å². The fourth-order valence-corrected chi connectivity index (χ4v) is 2.94. The zero-order valence-electron chi connectivity index (χ0n) is 13.6. The number of fused-ring (bicyclic) bond motifs is 2. The number of aromatic nitrogens is 2. The Bertz CT molecular complexity index is 1150. The Hall–Kier alpha value is -3.80. The number of nitrogen functional groups attached to an aromatic ring is 2. The predicted molar refractivity (Wildman–Crippen MR) is 101 cm³/mol. The Morgan fingerprint density at radius 2 is 1.00 bits per heavy atom.